The van der Waals surface area contributed by atoms with Crippen LogP contribution >= 0.6 is 15.9 Å². The molecule has 11 heteroatoms. The summed E-state index contributed by atoms with van der Waals surface area (Å²) in [5.41, 5.74) is 4.18. The van der Waals surface area contributed by atoms with Gasteiger partial charge in [0.25, 0.3) is 11.2 Å². The Kier molecular flexibility index (Phi) is 9.81. The van der Waals surface area contributed by atoms with Gasteiger partial charge >= 0.3 is 0 Å². The highest BCUT2D eigenvalue weighted by Crippen LogP contribution is 2.36. The summed E-state index contributed by atoms with van der Waals surface area (Å²) >= 11 is 3.59. The van der Waals surface area contributed by atoms with E-state index in [1.54, 1.807) is 42.6 Å². The summed E-state index contributed by atoms with van der Waals surface area (Å²) in [6, 6.07) is 20.9. The quantitative estimate of drug-likeness (QED) is 0.0785. The highest BCUT2D eigenvalue weighted by Gasteiger charge is 2.19. The number of para-hydroxylation sites is 1. The van der Waals surface area contributed by atoms with Crippen molar-refractivity contribution in [3.05, 3.63) is 120 Å². The van der Waals surface area contributed by atoms with Gasteiger partial charge in [0.2, 0.25) is 0 Å². The molecule has 0 aliphatic carbocycles. The van der Waals surface area contributed by atoms with Crippen LogP contribution in [0.15, 0.2) is 87.2 Å². The Hall–Kier alpha value is -5.03. The number of hydrogen-bond acceptors (Lipinski definition) is 8. The molecule has 46 heavy (non-hydrogen) atoms. The minimum Gasteiger partial charge on any atom is -0.494 e. The molecular formula is C35H33BrN4O6. The zero-order valence-corrected chi connectivity index (χ0v) is 27.7. The molecule has 0 fully saturated rings. The topological polar surface area (TPSA) is 118 Å². The fraction of sp³-hybridized carbons (Fsp3) is 0.229. The number of non-ortho nitro benzene ring substituents is 1. The average molecular weight is 686 g/mol. The van der Waals surface area contributed by atoms with E-state index in [9.17, 15) is 14.9 Å². The molecule has 0 atom stereocenters. The van der Waals surface area contributed by atoms with Crippen molar-refractivity contribution >= 4 is 38.7 Å². The van der Waals surface area contributed by atoms with Crippen molar-refractivity contribution in [2.24, 2.45) is 5.10 Å². The number of fused-ring (bicyclic) bond motifs is 1. The van der Waals surface area contributed by atoms with Crippen LogP contribution < -0.4 is 19.8 Å². The van der Waals surface area contributed by atoms with Gasteiger partial charge in [0.05, 0.1) is 35.8 Å². The predicted octanol–water partition coefficient (Wildman–Crippen LogP) is 8.03. The molecule has 5 aromatic rings. The maximum atomic E-state index is 13.9. The van der Waals surface area contributed by atoms with Gasteiger partial charge in [-0.05, 0) is 88.8 Å². The van der Waals surface area contributed by atoms with Crippen molar-refractivity contribution in [3.63, 3.8) is 0 Å². The van der Waals surface area contributed by atoms with Gasteiger partial charge in [-0.25, -0.2) is 4.98 Å². The Morgan fingerprint density at radius 1 is 1.02 bits per heavy atom. The number of nitrogens with zero attached hydrogens (tertiary/aromatic N) is 4. The van der Waals surface area contributed by atoms with Gasteiger partial charge in [-0.1, -0.05) is 38.1 Å². The Morgan fingerprint density at radius 2 is 1.80 bits per heavy atom. The van der Waals surface area contributed by atoms with Gasteiger partial charge < -0.3 is 14.2 Å². The van der Waals surface area contributed by atoms with Crippen LogP contribution in [-0.2, 0) is 6.61 Å². The molecule has 5 rings (SSSR count). The standard InChI is InChI=1S/C35H33BrN4O6/c1-6-45-31-14-22(4)28(17-27(31)21(2)3)34-38-30-13-8-7-12-26(30)35(41)39(34)37-19-24-16-32(44-5)33(18-29(24)36)46-20-23-10-9-11-25(15-23)40(42)43/h7-19,21H,6,20H2,1-5H3. The number of methoxy groups -OCH3 is 1. The lowest BCUT2D eigenvalue weighted by Crippen LogP contribution is -2.21. The van der Waals surface area contributed by atoms with Gasteiger partial charge in [-0.15, -0.1) is 0 Å². The third-order valence-corrected chi connectivity index (χ3v) is 8.07. The van der Waals surface area contributed by atoms with Crippen molar-refractivity contribution < 1.29 is 19.1 Å². The Balaban J connectivity index is 1.56. The van der Waals surface area contributed by atoms with Crippen LogP contribution in [0.4, 0.5) is 5.69 Å². The Morgan fingerprint density at radius 3 is 2.52 bits per heavy atom. The Labute approximate surface area is 274 Å². The molecule has 10 nitrogen and oxygen atoms in total. The highest BCUT2D eigenvalue weighted by molar-refractivity contribution is 9.10. The van der Waals surface area contributed by atoms with Gasteiger partial charge in [-0.3, -0.25) is 14.9 Å². The fourth-order valence-corrected chi connectivity index (χ4v) is 5.46. The molecule has 0 aliphatic rings. The van der Waals surface area contributed by atoms with Crippen LogP contribution in [-0.4, -0.2) is 34.5 Å². The normalized spacial score (nSPS) is 11.4. The second-order valence-electron chi connectivity index (χ2n) is 10.8. The molecule has 1 heterocycles. The predicted molar refractivity (Wildman–Crippen MR) is 183 cm³/mol. The number of hydrogen-bond donors (Lipinski definition) is 0. The maximum Gasteiger partial charge on any atom is 0.282 e. The first-order valence-electron chi connectivity index (χ1n) is 14.7. The van der Waals surface area contributed by atoms with Gasteiger partial charge in [0, 0.05) is 27.7 Å². The van der Waals surface area contributed by atoms with E-state index in [2.05, 4.69) is 34.9 Å². The molecule has 0 saturated carbocycles. The lowest BCUT2D eigenvalue weighted by atomic mass is 9.96. The van der Waals surface area contributed by atoms with E-state index in [1.165, 1.54) is 23.9 Å². The first-order valence-corrected chi connectivity index (χ1v) is 15.5. The lowest BCUT2D eigenvalue weighted by molar-refractivity contribution is -0.384. The smallest absolute Gasteiger partial charge is 0.282 e. The molecular weight excluding hydrogens is 652 g/mol. The summed E-state index contributed by atoms with van der Waals surface area (Å²) in [6.45, 7) is 8.74. The summed E-state index contributed by atoms with van der Waals surface area (Å²) in [7, 11) is 1.52. The molecule has 4 aromatic carbocycles. The van der Waals surface area contributed by atoms with Crippen molar-refractivity contribution in [1.82, 2.24) is 9.66 Å². The van der Waals surface area contributed by atoms with Crippen LogP contribution in [0.3, 0.4) is 0 Å². The number of halogens is 1. The van der Waals surface area contributed by atoms with Crippen LogP contribution in [0, 0.1) is 17.0 Å². The first kappa shape index (κ1) is 32.4. The minimum absolute atomic E-state index is 0.0144. The van der Waals surface area contributed by atoms with E-state index in [4.69, 9.17) is 19.2 Å². The Bertz CT molecular complexity index is 2020. The first-order chi connectivity index (χ1) is 22.1. The number of benzene rings is 4. The third-order valence-electron chi connectivity index (χ3n) is 7.38. The molecule has 0 N–H and O–H groups in total. The van der Waals surface area contributed by atoms with Crippen LogP contribution in [0.1, 0.15) is 48.9 Å². The number of nitro groups is 1. The van der Waals surface area contributed by atoms with Crippen molar-refractivity contribution in [2.45, 2.75) is 40.2 Å². The fourth-order valence-electron chi connectivity index (χ4n) is 5.04. The van der Waals surface area contributed by atoms with Gasteiger partial charge in [0.1, 0.15) is 12.4 Å². The van der Waals surface area contributed by atoms with E-state index in [-0.39, 0.29) is 23.8 Å². The molecule has 0 aliphatic heterocycles. The number of nitro benzene ring substituents is 1. The number of aromatic nitrogens is 2. The second kappa shape index (κ2) is 13.9. The molecule has 0 unspecified atom stereocenters. The van der Waals surface area contributed by atoms with Crippen molar-refractivity contribution in [2.75, 3.05) is 13.7 Å². The maximum absolute atomic E-state index is 13.9. The van der Waals surface area contributed by atoms with E-state index in [1.807, 2.05) is 38.1 Å². The lowest BCUT2D eigenvalue weighted by Gasteiger charge is -2.18. The minimum atomic E-state index is -0.447. The van der Waals surface area contributed by atoms with E-state index >= 15 is 0 Å². The molecule has 0 saturated heterocycles. The van der Waals surface area contributed by atoms with Gasteiger partial charge in [0.15, 0.2) is 17.3 Å². The highest BCUT2D eigenvalue weighted by atomic mass is 79.9. The van der Waals surface area contributed by atoms with E-state index in [0.717, 1.165) is 22.4 Å². The number of aryl methyl sites for hydroxylation is 1. The second-order valence-corrected chi connectivity index (χ2v) is 11.7. The summed E-state index contributed by atoms with van der Waals surface area (Å²) in [6.07, 6.45) is 1.56. The zero-order chi connectivity index (χ0) is 33.0. The van der Waals surface area contributed by atoms with Crippen LogP contribution in [0.25, 0.3) is 22.3 Å². The third kappa shape index (κ3) is 6.79. The van der Waals surface area contributed by atoms with Crippen LogP contribution in [0.5, 0.6) is 17.2 Å². The van der Waals surface area contributed by atoms with E-state index < -0.39 is 4.92 Å². The summed E-state index contributed by atoms with van der Waals surface area (Å²) < 4.78 is 19.4. The van der Waals surface area contributed by atoms with Crippen molar-refractivity contribution in [3.8, 4) is 28.6 Å². The molecule has 0 bridgehead atoms. The van der Waals surface area contributed by atoms with Crippen molar-refractivity contribution in [1.29, 1.82) is 0 Å². The number of rotatable bonds is 11. The summed E-state index contributed by atoms with van der Waals surface area (Å²) in [5, 5.41) is 16.3. The summed E-state index contributed by atoms with van der Waals surface area (Å²) in [5.74, 6) is 2.23. The van der Waals surface area contributed by atoms with E-state index in [0.29, 0.717) is 50.4 Å². The monoisotopic (exact) mass is 684 g/mol. The average Bonchev–Trinajstić information content (AvgIpc) is 3.04. The van der Waals surface area contributed by atoms with Gasteiger partial charge in [-0.2, -0.15) is 9.78 Å². The molecule has 0 radical (unpaired) electrons. The zero-order valence-electron chi connectivity index (χ0n) is 26.1. The largest absolute Gasteiger partial charge is 0.494 e. The molecule has 0 amide bonds. The number of ether oxygens (including phenoxy) is 3. The SMILES string of the molecule is CCOc1cc(C)c(-c2nc3ccccc3c(=O)n2N=Cc2cc(OC)c(OCc3cccc([N+](=O)[O-])c3)cc2Br)cc1C(C)C. The molecule has 0 spiro atoms. The summed E-state index contributed by atoms with van der Waals surface area (Å²) in [4.78, 5) is 29.5. The molecule has 1 aromatic heterocycles. The molecule has 236 valence electrons. The van der Waals surface area contributed by atoms with Crippen LogP contribution in [0.2, 0.25) is 0 Å².